The zero-order valence-corrected chi connectivity index (χ0v) is 28.6. The van der Waals surface area contributed by atoms with Gasteiger partial charge in [0.25, 0.3) is 0 Å². The normalized spacial score (nSPS) is 14.0. The van der Waals surface area contributed by atoms with Gasteiger partial charge in [0, 0.05) is 0 Å². The van der Waals surface area contributed by atoms with Crippen molar-refractivity contribution < 1.29 is 14.5 Å². The van der Waals surface area contributed by atoms with E-state index in [0.717, 1.165) is 54.3 Å². The zero-order valence-electron chi connectivity index (χ0n) is 26.9. The Morgan fingerprint density at radius 3 is 2.04 bits per heavy atom. The number of benzene rings is 4. The van der Waals surface area contributed by atoms with Gasteiger partial charge < -0.3 is 0 Å². The van der Waals surface area contributed by atoms with E-state index in [1.807, 2.05) is 23.8 Å². The summed E-state index contributed by atoms with van der Waals surface area (Å²) in [6.07, 6.45) is 6.24. The maximum absolute atomic E-state index is 13.1. The first-order valence-electron chi connectivity index (χ1n) is 16.2. The number of rotatable bonds is 14. The number of hydrogen-bond donors (Lipinski definition) is 0. The molecule has 0 aliphatic carbocycles. The van der Waals surface area contributed by atoms with E-state index in [-0.39, 0.29) is 31.7 Å². The fourth-order valence-electron chi connectivity index (χ4n) is 6.13. The molecule has 0 saturated heterocycles. The van der Waals surface area contributed by atoms with Crippen LogP contribution in [0.4, 0.5) is 5.69 Å². The summed E-state index contributed by atoms with van der Waals surface area (Å²) in [6, 6.07) is 34.8. The first kappa shape index (κ1) is 33.2. The first-order chi connectivity index (χ1) is 22.3. The molecule has 4 aromatic carbocycles. The predicted octanol–water partition coefficient (Wildman–Crippen LogP) is 8.71. The summed E-state index contributed by atoms with van der Waals surface area (Å²) < 4.78 is 8.67. The molecule has 0 spiro atoms. The van der Waals surface area contributed by atoms with Crippen LogP contribution in [0.25, 0.3) is 11.1 Å². The number of carbonyl (C=O) groups is 1. The third kappa shape index (κ3) is 7.60. The second-order valence-corrected chi connectivity index (χ2v) is 14.1. The fourth-order valence-corrected chi connectivity index (χ4v) is 8.97. The summed E-state index contributed by atoms with van der Waals surface area (Å²) in [5.41, 5.74) is 6.70. The molecule has 0 bridgehead atoms. The molecule has 0 radical (unpaired) electrons. The second kappa shape index (κ2) is 15.4. The summed E-state index contributed by atoms with van der Waals surface area (Å²) in [5.74, 6) is 0.957. The molecule has 6 nitrogen and oxygen atoms in total. The topological polar surface area (TPSA) is 72.7 Å². The van der Waals surface area contributed by atoms with Crippen molar-refractivity contribution in [3.8, 4) is 5.75 Å². The van der Waals surface area contributed by atoms with E-state index >= 15 is 0 Å². The minimum absolute atomic E-state index is 0.0855. The van der Waals surface area contributed by atoms with Crippen molar-refractivity contribution in [1.82, 2.24) is 3.92 Å². The maximum atomic E-state index is 13.1. The first-order valence-corrected chi connectivity index (χ1v) is 17.8. The van der Waals surface area contributed by atoms with Crippen LogP contribution in [0.1, 0.15) is 88.0 Å². The molecule has 1 amide bonds. The molecule has 1 aliphatic rings. The van der Waals surface area contributed by atoms with Gasteiger partial charge in [0.1, 0.15) is 0 Å². The average Bonchev–Trinajstić information content (AvgIpc) is 3.36. The standard InChI is InChI=1S/C39H42N2O4Se/c1-4-33(29-17-10-8-11-18-29)37(30-19-12-9-13-20-30)31-24-26-32(27-25-31)45-28-15-7-5-6-14-23-36(42)40-39(2,3)34-21-16-22-35(41(43)44)38(34)46-40/h8-13,16-22,24-27H,4-7,14-15,23,28H2,1-3H3. The number of amides is 1. The molecule has 0 saturated carbocycles. The van der Waals surface area contributed by atoms with Crippen LogP contribution in [0.5, 0.6) is 5.75 Å². The van der Waals surface area contributed by atoms with Crippen LogP contribution >= 0.6 is 0 Å². The van der Waals surface area contributed by atoms with Gasteiger partial charge in [-0.15, -0.1) is 0 Å². The molecular formula is C39H42N2O4Se. The number of nitrogens with zero attached hydrogens (tertiary/aromatic N) is 2. The van der Waals surface area contributed by atoms with Crippen molar-refractivity contribution >= 4 is 42.4 Å². The Kier molecular flexibility index (Phi) is 11.1. The van der Waals surface area contributed by atoms with Gasteiger partial charge in [0.15, 0.2) is 0 Å². The van der Waals surface area contributed by atoms with Gasteiger partial charge >= 0.3 is 166 Å². The molecule has 5 rings (SSSR count). The summed E-state index contributed by atoms with van der Waals surface area (Å²) in [7, 11) is 0. The van der Waals surface area contributed by atoms with Crippen molar-refractivity contribution in [2.75, 3.05) is 6.61 Å². The third-order valence-electron chi connectivity index (χ3n) is 8.55. The third-order valence-corrected chi connectivity index (χ3v) is 11.6. The molecule has 0 fully saturated rings. The van der Waals surface area contributed by atoms with E-state index in [1.165, 1.54) is 33.9 Å². The van der Waals surface area contributed by atoms with Crippen molar-refractivity contribution in [2.45, 2.75) is 71.3 Å². The molecule has 238 valence electrons. The molecule has 0 aromatic heterocycles. The van der Waals surface area contributed by atoms with Gasteiger partial charge in [0.05, 0.1) is 0 Å². The van der Waals surface area contributed by atoms with E-state index in [0.29, 0.717) is 13.0 Å². The van der Waals surface area contributed by atoms with Crippen molar-refractivity contribution in [3.63, 3.8) is 0 Å². The number of nitro groups is 1. The minimum Gasteiger partial charge on any atom is -0.0622 e. The Morgan fingerprint density at radius 1 is 0.783 bits per heavy atom. The Morgan fingerprint density at radius 2 is 1.39 bits per heavy atom. The van der Waals surface area contributed by atoms with Crippen molar-refractivity contribution in [3.05, 3.63) is 135 Å². The van der Waals surface area contributed by atoms with Gasteiger partial charge in [-0.05, 0) is 34.3 Å². The van der Waals surface area contributed by atoms with Crippen LogP contribution in [-0.4, -0.2) is 36.5 Å². The summed E-state index contributed by atoms with van der Waals surface area (Å²) in [4.78, 5) is 24.3. The van der Waals surface area contributed by atoms with Crippen LogP contribution in [0.2, 0.25) is 0 Å². The molecule has 1 heterocycles. The van der Waals surface area contributed by atoms with Gasteiger partial charge in [0.2, 0.25) is 0 Å². The number of nitro benzene ring substituents is 1. The predicted molar refractivity (Wildman–Crippen MR) is 187 cm³/mol. The van der Waals surface area contributed by atoms with E-state index in [4.69, 9.17) is 4.74 Å². The Bertz CT molecular complexity index is 1670. The number of ether oxygens (including phenoxy) is 1. The Hall–Kier alpha value is -4.19. The van der Waals surface area contributed by atoms with Gasteiger partial charge in [-0.3, -0.25) is 0 Å². The van der Waals surface area contributed by atoms with Crippen LogP contribution in [0, 0.1) is 10.1 Å². The monoisotopic (exact) mass is 682 g/mol. The van der Waals surface area contributed by atoms with E-state index in [2.05, 4.69) is 91.9 Å². The van der Waals surface area contributed by atoms with Crippen LogP contribution < -0.4 is 9.20 Å². The molecule has 46 heavy (non-hydrogen) atoms. The molecule has 4 aromatic rings. The number of fused-ring (bicyclic) bond motifs is 1. The van der Waals surface area contributed by atoms with E-state index < -0.39 is 5.54 Å². The Labute approximate surface area is 279 Å². The molecular weight excluding hydrogens is 639 g/mol. The van der Waals surface area contributed by atoms with Crippen molar-refractivity contribution in [1.29, 1.82) is 0 Å². The zero-order chi connectivity index (χ0) is 32.5. The van der Waals surface area contributed by atoms with Crippen molar-refractivity contribution in [2.24, 2.45) is 0 Å². The SMILES string of the molecule is CCC(=C(c1ccccc1)c1ccc(OCCCCCCCC(=O)N2[Se]c3c([N+](=O)[O-])cccc3C2(C)C)cc1)c1ccccc1. The molecule has 7 heteroatoms. The Balaban J connectivity index is 1.08. The summed E-state index contributed by atoms with van der Waals surface area (Å²) in [5, 5.41) is 11.5. The fraction of sp³-hybridized carbons (Fsp3) is 0.308. The van der Waals surface area contributed by atoms with Crippen LogP contribution in [-0.2, 0) is 10.3 Å². The smallest absolute Gasteiger partial charge is 0.0622 e. The van der Waals surface area contributed by atoms with Gasteiger partial charge in [-0.25, -0.2) is 0 Å². The van der Waals surface area contributed by atoms with Crippen LogP contribution in [0.3, 0.4) is 0 Å². The number of hydrogen-bond acceptors (Lipinski definition) is 4. The number of unbranched alkanes of at least 4 members (excludes halogenated alkanes) is 4. The van der Waals surface area contributed by atoms with E-state index in [9.17, 15) is 14.9 Å². The minimum atomic E-state index is -0.520. The van der Waals surface area contributed by atoms with Crippen LogP contribution in [0.15, 0.2) is 103 Å². The summed E-state index contributed by atoms with van der Waals surface area (Å²) >= 11 is -0.380. The second-order valence-electron chi connectivity index (χ2n) is 12.1. The molecule has 0 unspecified atom stereocenters. The quantitative estimate of drug-likeness (QED) is 0.0439. The number of carbonyl (C=O) groups excluding carboxylic acids is 1. The molecule has 1 aliphatic heterocycles. The molecule has 0 N–H and O–H groups in total. The van der Waals surface area contributed by atoms with E-state index in [1.54, 1.807) is 6.07 Å². The average molecular weight is 682 g/mol. The number of allylic oxidation sites excluding steroid dienone is 1. The molecule has 0 atom stereocenters. The summed E-state index contributed by atoms with van der Waals surface area (Å²) in [6.45, 7) is 6.85. The van der Waals surface area contributed by atoms with Gasteiger partial charge in [-0.2, -0.15) is 0 Å². The van der Waals surface area contributed by atoms with Gasteiger partial charge in [-0.1, -0.05) is 79.7 Å².